The van der Waals surface area contributed by atoms with E-state index in [9.17, 15) is 4.79 Å². The Morgan fingerprint density at radius 3 is 3.04 bits per heavy atom. The van der Waals surface area contributed by atoms with Crippen molar-refractivity contribution in [2.75, 3.05) is 0 Å². The summed E-state index contributed by atoms with van der Waals surface area (Å²) in [5, 5.41) is 8.20. The van der Waals surface area contributed by atoms with Crippen molar-refractivity contribution >= 4 is 22.8 Å². The predicted molar refractivity (Wildman–Crippen MR) is 99.2 cm³/mol. The van der Waals surface area contributed by atoms with Gasteiger partial charge < -0.3 is 10.1 Å². The zero-order chi connectivity index (χ0) is 18.3. The van der Waals surface area contributed by atoms with Crippen molar-refractivity contribution in [3.63, 3.8) is 0 Å². The molecule has 0 radical (unpaired) electrons. The van der Waals surface area contributed by atoms with Crippen LogP contribution in [-0.2, 0) is 4.79 Å². The Hall–Kier alpha value is -2.74. The van der Waals surface area contributed by atoms with Crippen LogP contribution in [0.2, 0.25) is 0 Å². The topological polar surface area (TPSA) is 81.4 Å². The Kier molecular flexibility index (Phi) is 3.99. The maximum absolute atomic E-state index is 11.4. The van der Waals surface area contributed by atoms with Gasteiger partial charge >= 0.3 is 0 Å². The van der Waals surface area contributed by atoms with Crippen LogP contribution in [0.3, 0.4) is 0 Å². The maximum Gasteiger partial charge on any atom is 0.243 e. The number of hydrogen-bond acceptors (Lipinski definition) is 6. The smallest absolute Gasteiger partial charge is 0.243 e. The number of nitrogens with zero attached hydrogens (tertiary/aromatic N) is 4. The van der Waals surface area contributed by atoms with Crippen molar-refractivity contribution in [2.24, 2.45) is 0 Å². The summed E-state index contributed by atoms with van der Waals surface area (Å²) in [6.45, 7) is 7.47. The lowest BCUT2D eigenvalue weighted by molar-refractivity contribution is -0.119. The summed E-state index contributed by atoms with van der Waals surface area (Å²) in [7, 11) is 0. The van der Waals surface area contributed by atoms with Crippen LogP contribution in [-0.4, -0.2) is 37.1 Å². The zero-order valence-electron chi connectivity index (χ0n) is 14.6. The van der Waals surface area contributed by atoms with Gasteiger partial charge in [-0.3, -0.25) is 4.79 Å². The second kappa shape index (κ2) is 6.21. The molecule has 0 unspecified atom stereocenters. The molecule has 0 spiro atoms. The number of carbonyl (C=O) groups excluding carboxylic acids is 1. The summed E-state index contributed by atoms with van der Waals surface area (Å²) in [5.41, 5.74) is 1.22. The van der Waals surface area contributed by atoms with Gasteiger partial charge in [-0.1, -0.05) is 6.58 Å². The largest absolute Gasteiger partial charge is 0.470 e. The van der Waals surface area contributed by atoms with Crippen LogP contribution in [0.4, 0.5) is 0 Å². The average Bonchev–Trinajstić information content (AvgIpc) is 3.21. The van der Waals surface area contributed by atoms with Gasteiger partial charge in [0.05, 0.1) is 22.3 Å². The number of fused-ring (bicyclic) bond motifs is 1. The van der Waals surface area contributed by atoms with E-state index in [0.29, 0.717) is 5.88 Å². The predicted octanol–water partition coefficient (Wildman–Crippen LogP) is 2.76. The molecule has 1 aliphatic carbocycles. The lowest BCUT2D eigenvalue weighted by Gasteiger charge is -2.44. The third-order valence-corrected chi connectivity index (χ3v) is 5.40. The Labute approximate surface area is 154 Å². The monoisotopic (exact) mass is 369 g/mol. The second-order valence-corrected chi connectivity index (χ2v) is 7.94. The zero-order valence-corrected chi connectivity index (χ0v) is 15.4. The van der Waals surface area contributed by atoms with E-state index in [0.717, 1.165) is 33.9 Å². The second-order valence-electron chi connectivity index (χ2n) is 6.71. The lowest BCUT2D eigenvalue weighted by Crippen LogP contribution is -2.56. The fourth-order valence-electron chi connectivity index (χ4n) is 3.23. The van der Waals surface area contributed by atoms with E-state index in [1.807, 2.05) is 32.3 Å². The van der Waals surface area contributed by atoms with Gasteiger partial charge in [-0.15, -0.1) is 11.3 Å². The number of ether oxygens (including phenoxy) is 1. The molecule has 4 rings (SSSR count). The molecule has 1 N–H and O–H groups in total. The SMILES string of the molecule is C=CC(=O)NC1CC(C)(Oc2nc(-c3cnc(C)s3)cn3nccc23)C1. The van der Waals surface area contributed by atoms with Gasteiger partial charge in [0.1, 0.15) is 16.8 Å². The molecule has 1 aliphatic rings. The molecular formula is C18H19N5O2S. The third-order valence-electron chi connectivity index (χ3n) is 4.46. The van der Waals surface area contributed by atoms with Gasteiger partial charge in [0.2, 0.25) is 11.8 Å². The average molecular weight is 369 g/mol. The minimum absolute atomic E-state index is 0.0961. The molecule has 1 amide bonds. The molecule has 0 aliphatic heterocycles. The first-order chi connectivity index (χ1) is 12.5. The molecule has 0 saturated heterocycles. The van der Waals surface area contributed by atoms with Gasteiger partial charge in [0.25, 0.3) is 0 Å². The standard InChI is InChI=1S/C18H19N5O2S/c1-4-16(24)21-12-7-18(3,8-12)25-17-14-5-6-20-23(14)10-13(22-17)15-9-19-11(2)26-15/h4-6,9-10,12H,1,7-8H2,2-3H3,(H,21,24). The van der Waals surface area contributed by atoms with Crippen molar-refractivity contribution in [2.45, 2.75) is 38.3 Å². The van der Waals surface area contributed by atoms with E-state index in [2.05, 4.69) is 22.0 Å². The number of carbonyl (C=O) groups is 1. The molecule has 134 valence electrons. The Morgan fingerprint density at radius 2 is 2.35 bits per heavy atom. The molecule has 8 heteroatoms. The summed E-state index contributed by atoms with van der Waals surface area (Å²) in [6.07, 6.45) is 8.14. The number of rotatable bonds is 5. The molecule has 7 nitrogen and oxygen atoms in total. The summed E-state index contributed by atoms with van der Waals surface area (Å²) in [4.78, 5) is 21.4. The highest BCUT2D eigenvalue weighted by Crippen LogP contribution is 2.38. The van der Waals surface area contributed by atoms with E-state index < -0.39 is 0 Å². The molecule has 3 aromatic rings. The van der Waals surface area contributed by atoms with Crippen molar-refractivity contribution < 1.29 is 9.53 Å². The van der Waals surface area contributed by atoms with E-state index in [-0.39, 0.29) is 17.6 Å². The molecule has 3 heterocycles. The first kappa shape index (κ1) is 16.7. The molecule has 0 bridgehead atoms. The summed E-state index contributed by atoms with van der Waals surface area (Å²) in [5.74, 6) is 0.387. The lowest BCUT2D eigenvalue weighted by atomic mass is 9.77. The van der Waals surface area contributed by atoms with Crippen LogP contribution in [0, 0.1) is 6.92 Å². The van der Waals surface area contributed by atoms with Gasteiger partial charge in [0, 0.05) is 25.1 Å². The van der Waals surface area contributed by atoms with E-state index >= 15 is 0 Å². The highest BCUT2D eigenvalue weighted by molar-refractivity contribution is 7.15. The van der Waals surface area contributed by atoms with Gasteiger partial charge in [-0.2, -0.15) is 5.10 Å². The number of hydrogen-bond donors (Lipinski definition) is 1. The van der Waals surface area contributed by atoms with E-state index in [1.54, 1.807) is 22.0 Å². The van der Waals surface area contributed by atoms with Crippen LogP contribution >= 0.6 is 11.3 Å². The highest BCUT2D eigenvalue weighted by Gasteiger charge is 2.43. The van der Waals surface area contributed by atoms with Crippen molar-refractivity contribution in [1.82, 2.24) is 24.9 Å². The Bertz CT molecular complexity index is 987. The summed E-state index contributed by atoms with van der Waals surface area (Å²) in [6, 6.07) is 1.97. The minimum atomic E-state index is -0.376. The van der Waals surface area contributed by atoms with Crippen molar-refractivity contribution in [1.29, 1.82) is 0 Å². The van der Waals surface area contributed by atoms with Gasteiger partial charge in [-0.05, 0) is 26.0 Å². The fourth-order valence-corrected chi connectivity index (χ4v) is 3.97. The fraction of sp³-hybridized carbons (Fsp3) is 0.333. The number of nitrogens with one attached hydrogen (secondary N) is 1. The maximum atomic E-state index is 11.4. The molecular weight excluding hydrogens is 350 g/mol. The Balaban J connectivity index is 1.59. The van der Waals surface area contributed by atoms with E-state index in [1.165, 1.54) is 6.08 Å². The van der Waals surface area contributed by atoms with Crippen LogP contribution in [0.15, 0.2) is 37.3 Å². The van der Waals surface area contributed by atoms with Gasteiger partial charge in [0.15, 0.2) is 0 Å². The quantitative estimate of drug-likeness (QED) is 0.700. The summed E-state index contributed by atoms with van der Waals surface area (Å²) >= 11 is 1.58. The van der Waals surface area contributed by atoms with Gasteiger partial charge in [-0.25, -0.2) is 14.5 Å². The molecule has 26 heavy (non-hydrogen) atoms. The molecule has 0 atom stereocenters. The van der Waals surface area contributed by atoms with Crippen molar-refractivity contribution in [3.8, 4) is 16.5 Å². The van der Waals surface area contributed by atoms with Crippen LogP contribution in [0.25, 0.3) is 16.1 Å². The number of aryl methyl sites for hydroxylation is 1. The van der Waals surface area contributed by atoms with Crippen LogP contribution < -0.4 is 10.1 Å². The third kappa shape index (κ3) is 3.08. The van der Waals surface area contributed by atoms with Crippen molar-refractivity contribution in [3.05, 3.63) is 42.3 Å². The first-order valence-electron chi connectivity index (χ1n) is 8.35. The molecule has 3 aromatic heterocycles. The normalized spacial score (nSPS) is 22.0. The molecule has 1 fully saturated rings. The number of amides is 1. The highest BCUT2D eigenvalue weighted by atomic mass is 32.1. The number of aromatic nitrogens is 4. The minimum Gasteiger partial charge on any atom is -0.470 e. The molecule has 0 aromatic carbocycles. The number of thiazole rings is 1. The molecule has 1 saturated carbocycles. The first-order valence-corrected chi connectivity index (χ1v) is 9.16. The van der Waals surface area contributed by atoms with Crippen LogP contribution in [0.5, 0.6) is 5.88 Å². The van der Waals surface area contributed by atoms with E-state index in [4.69, 9.17) is 9.72 Å². The summed E-state index contributed by atoms with van der Waals surface area (Å²) < 4.78 is 8.03. The van der Waals surface area contributed by atoms with Crippen LogP contribution in [0.1, 0.15) is 24.8 Å². The Morgan fingerprint density at radius 1 is 1.54 bits per heavy atom.